The van der Waals surface area contributed by atoms with Crippen LogP contribution in [0.4, 0.5) is 5.69 Å². The number of rotatable bonds is 8. The van der Waals surface area contributed by atoms with Crippen LogP contribution in [0, 0.1) is 11.8 Å². The van der Waals surface area contributed by atoms with E-state index in [1.807, 2.05) is 29.2 Å². The largest absolute Gasteiger partial charge is 0.482 e. The number of piperidine rings is 1. The fourth-order valence-electron chi connectivity index (χ4n) is 5.40. The Kier molecular flexibility index (Phi) is 6.22. The highest BCUT2D eigenvalue weighted by atomic mass is 16.5. The molecule has 28 heavy (non-hydrogen) atoms. The number of para-hydroxylation sites is 2. The van der Waals surface area contributed by atoms with Gasteiger partial charge in [-0.1, -0.05) is 19.1 Å². The molecule has 0 aromatic heterocycles. The first-order valence-electron chi connectivity index (χ1n) is 11.0. The van der Waals surface area contributed by atoms with Gasteiger partial charge in [-0.15, -0.1) is 0 Å². The van der Waals surface area contributed by atoms with Crippen LogP contribution in [-0.4, -0.2) is 55.8 Å². The van der Waals surface area contributed by atoms with Gasteiger partial charge in [0.25, 0.3) is 5.91 Å². The molecule has 2 bridgehead atoms. The van der Waals surface area contributed by atoms with Crippen molar-refractivity contribution in [1.82, 2.24) is 4.90 Å². The lowest BCUT2D eigenvalue weighted by molar-refractivity contribution is -0.121. The first-order valence-corrected chi connectivity index (χ1v) is 11.0. The fourth-order valence-corrected chi connectivity index (χ4v) is 5.40. The van der Waals surface area contributed by atoms with E-state index in [1.54, 1.807) is 0 Å². The third-order valence-electron chi connectivity index (χ3n) is 6.68. The average molecular weight is 387 g/mol. The number of fused-ring (bicyclic) bond motifs is 3. The van der Waals surface area contributed by atoms with E-state index in [0.717, 1.165) is 55.7 Å². The van der Waals surface area contributed by atoms with Crippen LogP contribution in [0.15, 0.2) is 24.3 Å². The summed E-state index contributed by atoms with van der Waals surface area (Å²) >= 11 is 0. The summed E-state index contributed by atoms with van der Waals surface area (Å²) in [5.41, 5.74) is 0.920. The molecule has 0 aliphatic carbocycles. The predicted octanol–water partition coefficient (Wildman–Crippen LogP) is 3.72. The van der Waals surface area contributed by atoms with Gasteiger partial charge in [0.05, 0.1) is 5.69 Å². The zero-order chi connectivity index (χ0) is 19.5. The van der Waals surface area contributed by atoms with Crippen molar-refractivity contribution >= 4 is 11.6 Å². The van der Waals surface area contributed by atoms with Crippen molar-refractivity contribution < 1.29 is 14.3 Å². The quantitative estimate of drug-likeness (QED) is 0.639. The molecule has 0 unspecified atom stereocenters. The summed E-state index contributed by atoms with van der Waals surface area (Å²) in [4.78, 5) is 17.1. The average Bonchev–Trinajstić information content (AvgIpc) is 2.92. The second-order valence-electron chi connectivity index (χ2n) is 8.77. The highest BCUT2D eigenvalue weighted by Crippen LogP contribution is 2.40. The van der Waals surface area contributed by atoms with Crippen molar-refractivity contribution in [3.8, 4) is 5.75 Å². The molecule has 0 radical (unpaired) electrons. The molecule has 5 nitrogen and oxygen atoms in total. The molecule has 3 heterocycles. The number of hydrogen-bond acceptors (Lipinski definition) is 4. The van der Waals surface area contributed by atoms with Crippen molar-refractivity contribution in [2.24, 2.45) is 11.8 Å². The van der Waals surface area contributed by atoms with Gasteiger partial charge in [-0.05, 0) is 63.0 Å². The smallest absolute Gasteiger partial charge is 0.265 e. The van der Waals surface area contributed by atoms with Crippen LogP contribution >= 0.6 is 0 Å². The van der Waals surface area contributed by atoms with E-state index >= 15 is 0 Å². The maximum absolute atomic E-state index is 12.5. The maximum atomic E-state index is 12.5. The second-order valence-corrected chi connectivity index (χ2v) is 8.77. The van der Waals surface area contributed by atoms with Crippen LogP contribution in [-0.2, 0) is 9.53 Å². The van der Waals surface area contributed by atoms with E-state index in [2.05, 4.69) is 18.7 Å². The predicted molar refractivity (Wildman–Crippen MR) is 111 cm³/mol. The molecular formula is C23H34N2O3. The molecule has 2 saturated heterocycles. The molecule has 154 valence electrons. The van der Waals surface area contributed by atoms with Gasteiger partial charge in [0.15, 0.2) is 6.61 Å². The summed E-state index contributed by atoms with van der Waals surface area (Å²) in [5, 5.41) is 0. The SMILES string of the molecule is CCOCC[C@H]1C[C@H]2CC[C@@H](C1)N2C[C@H](C)CN1C(=O)COc2ccccc21. The van der Waals surface area contributed by atoms with Crippen molar-refractivity contribution in [3.63, 3.8) is 0 Å². The summed E-state index contributed by atoms with van der Waals surface area (Å²) in [6, 6.07) is 9.33. The Bertz CT molecular complexity index is 666. The standard InChI is InChI=1S/C23H34N2O3/c1-3-27-11-10-18-12-19-8-9-20(13-18)24(19)14-17(2)15-25-21-6-4-5-7-22(21)28-16-23(25)26/h4-7,17-20H,3,8-16H2,1-2H3/t17-,18-,19+,20-/m0/s1. The minimum Gasteiger partial charge on any atom is -0.482 e. The van der Waals surface area contributed by atoms with Crippen molar-refractivity contribution in [3.05, 3.63) is 24.3 Å². The molecule has 2 fully saturated rings. The van der Waals surface area contributed by atoms with E-state index in [0.29, 0.717) is 5.92 Å². The lowest BCUT2D eigenvalue weighted by atomic mass is 9.88. The lowest BCUT2D eigenvalue weighted by Gasteiger charge is -2.41. The van der Waals surface area contributed by atoms with Crippen molar-refractivity contribution in [2.75, 3.05) is 37.8 Å². The Morgan fingerprint density at radius 2 is 1.93 bits per heavy atom. The highest BCUT2D eigenvalue weighted by molar-refractivity contribution is 5.97. The van der Waals surface area contributed by atoms with Gasteiger partial charge in [0.2, 0.25) is 0 Å². The molecule has 4 rings (SSSR count). The van der Waals surface area contributed by atoms with Crippen LogP contribution < -0.4 is 9.64 Å². The number of amides is 1. The van der Waals surface area contributed by atoms with Gasteiger partial charge in [0, 0.05) is 38.4 Å². The summed E-state index contributed by atoms with van der Waals surface area (Å²) < 4.78 is 11.2. The summed E-state index contributed by atoms with van der Waals surface area (Å²) in [6.45, 7) is 8.10. The normalized spacial score (nSPS) is 28.1. The Morgan fingerprint density at radius 3 is 2.68 bits per heavy atom. The third-order valence-corrected chi connectivity index (χ3v) is 6.68. The van der Waals surface area contributed by atoms with E-state index in [9.17, 15) is 4.79 Å². The Hall–Kier alpha value is -1.59. The minimum atomic E-state index is 0.0724. The number of hydrogen-bond donors (Lipinski definition) is 0. The van der Waals surface area contributed by atoms with Crippen molar-refractivity contribution in [1.29, 1.82) is 0 Å². The molecule has 1 aromatic rings. The molecular weight excluding hydrogens is 352 g/mol. The zero-order valence-electron chi connectivity index (χ0n) is 17.3. The lowest BCUT2D eigenvalue weighted by Crippen LogP contribution is -2.48. The van der Waals surface area contributed by atoms with Crippen LogP contribution in [0.1, 0.15) is 46.0 Å². The van der Waals surface area contributed by atoms with Crippen LogP contribution in [0.25, 0.3) is 0 Å². The number of ether oxygens (including phenoxy) is 2. The van der Waals surface area contributed by atoms with Gasteiger partial charge >= 0.3 is 0 Å². The second kappa shape index (κ2) is 8.83. The number of benzene rings is 1. The van der Waals surface area contributed by atoms with Gasteiger partial charge in [0.1, 0.15) is 5.75 Å². The first-order chi connectivity index (χ1) is 13.7. The number of carbonyl (C=O) groups is 1. The van der Waals surface area contributed by atoms with Gasteiger partial charge < -0.3 is 14.4 Å². The number of carbonyl (C=O) groups excluding carboxylic acids is 1. The maximum Gasteiger partial charge on any atom is 0.265 e. The highest BCUT2D eigenvalue weighted by Gasteiger charge is 2.41. The molecule has 3 aliphatic rings. The first kappa shape index (κ1) is 19.7. The van der Waals surface area contributed by atoms with E-state index in [-0.39, 0.29) is 12.5 Å². The third kappa shape index (κ3) is 4.20. The zero-order valence-corrected chi connectivity index (χ0v) is 17.3. The monoisotopic (exact) mass is 386 g/mol. The van der Waals surface area contributed by atoms with E-state index in [1.165, 1.54) is 32.1 Å². The van der Waals surface area contributed by atoms with Crippen molar-refractivity contribution in [2.45, 2.75) is 58.0 Å². The Balaban J connectivity index is 1.34. The summed E-state index contributed by atoms with van der Waals surface area (Å²) in [7, 11) is 0. The van der Waals surface area contributed by atoms with Crippen LogP contribution in [0.2, 0.25) is 0 Å². The molecule has 1 amide bonds. The van der Waals surface area contributed by atoms with Crippen LogP contribution in [0.5, 0.6) is 5.75 Å². The molecule has 3 aliphatic heterocycles. The minimum absolute atomic E-state index is 0.0724. The number of anilines is 1. The van der Waals surface area contributed by atoms with E-state index in [4.69, 9.17) is 9.47 Å². The molecule has 0 N–H and O–H groups in total. The van der Waals surface area contributed by atoms with Crippen LogP contribution in [0.3, 0.4) is 0 Å². The molecule has 4 atom stereocenters. The van der Waals surface area contributed by atoms with E-state index < -0.39 is 0 Å². The Labute approximate surface area is 169 Å². The molecule has 0 saturated carbocycles. The number of nitrogens with zero attached hydrogens (tertiary/aromatic N) is 2. The summed E-state index contributed by atoms with van der Waals surface area (Å²) in [6.07, 6.45) is 6.51. The van der Waals surface area contributed by atoms with Gasteiger partial charge in [-0.2, -0.15) is 0 Å². The molecule has 1 aromatic carbocycles. The topological polar surface area (TPSA) is 42.0 Å². The Morgan fingerprint density at radius 1 is 1.18 bits per heavy atom. The molecule has 5 heteroatoms. The fraction of sp³-hybridized carbons (Fsp3) is 0.696. The van der Waals surface area contributed by atoms with Gasteiger partial charge in [-0.3, -0.25) is 9.69 Å². The van der Waals surface area contributed by atoms with Gasteiger partial charge in [-0.25, -0.2) is 0 Å². The summed E-state index contributed by atoms with van der Waals surface area (Å²) in [5.74, 6) is 2.16. The molecule has 0 spiro atoms.